The summed E-state index contributed by atoms with van der Waals surface area (Å²) in [4.78, 5) is 0. The molecule has 1 aliphatic carbocycles. The van der Waals surface area contributed by atoms with Crippen LogP contribution in [0.25, 0.3) is 5.76 Å². The van der Waals surface area contributed by atoms with Gasteiger partial charge in [-0.3, -0.25) is 0 Å². The zero-order chi connectivity index (χ0) is 26.8. The number of allylic oxidation sites excluding steroid dienone is 5. The van der Waals surface area contributed by atoms with E-state index in [0.29, 0.717) is 4.75 Å². The zero-order valence-electron chi connectivity index (χ0n) is 23.9. The summed E-state index contributed by atoms with van der Waals surface area (Å²) in [7, 11) is -6.39. The van der Waals surface area contributed by atoms with Crippen LogP contribution in [0.2, 0.25) is 96.3 Å². The van der Waals surface area contributed by atoms with Crippen molar-refractivity contribution in [1.82, 2.24) is 0 Å². The van der Waals surface area contributed by atoms with Crippen LogP contribution in [0.5, 0.6) is 0 Å². The Morgan fingerprint density at radius 3 is 1.51 bits per heavy atom. The molecule has 2 aliphatic rings. The minimum atomic E-state index is -3.24. The normalized spacial score (nSPS) is 20.9. The van der Waals surface area contributed by atoms with Gasteiger partial charge in [0.05, 0.1) is 0 Å². The third-order valence-electron chi connectivity index (χ3n) is 7.58. The van der Waals surface area contributed by atoms with E-state index in [1.807, 2.05) is 12.1 Å². The first-order chi connectivity index (χ1) is 15.7. The summed E-state index contributed by atoms with van der Waals surface area (Å²) in [5.74, 6) is 1.13. The Morgan fingerprint density at radius 1 is 0.686 bits per heavy atom. The third-order valence-corrected chi connectivity index (χ3v) is 64.6. The molecular formula is C27H46Cl2GeOSi4. The minimum absolute atomic E-state index is 0.366. The summed E-state index contributed by atoms with van der Waals surface area (Å²) in [5, 5.41) is 1.66. The summed E-state index contributed by atoms with van der Waals surface area (Å²) in [5.41, 5.74) is 2.56. The Bertz CT molecular complexity index is 991. The number of hydrogen-bond donors (Lipinski definition) is 0. The van der Waals surface area contributed by atoms with E-state index in [1.165, 1.54) is 11.1 Å². The first-order valence-electron chi connectivity index (χ1n) is 12.9. The van der Waals surface area contributed by atoms with Crippen LogP contribution in [-0.2, 0) is 3.76 Å². The molecule has 0 fully saturated rings. The van der Waals surface area contributed by atoms with Crippen LogP contribution < -0.4 is 0 Å². The molecule has 8 heteroatoms. The van der Waals surface area contributed by atoms with Gasteiger partial charge in [-0.25, -0.2) is 0 Å². The Morgan fingerprint density at radius 2 is 1.11 bits per heavy atom. The summed E-state index contributed by atoms with van der Waals surface area (Å²) in [6.45, 7) is 31.5. The van der Waals surface area contributed by atoms with Gasteiger partial charge in [-0.2, -0.15) is 0 Å². The summed E-state index contributed by atoms with van der Waals surface area (Å²) < 4.78 is 9.79. The maximum atomic E-state index is 7.91. The third kappa shape index (κ3) is 5.81. The predicted molar refractivity (Wildman–Crippen MR) is 173 cm³/mol. The molecule has 0 bridgehead atoms. The number of halogens is 2. The van der Waals surface area contributed by atoms with Crippen LogP contribution >= 0.6 is 23.2 Å². The van der Waals surface area contributed by atoms with E-state index >= 15 is 0 Å². The monoisotopic (exact) mass is 642 g/mol. The summed E-state index contributed by atoms with van der Waals surface area (Å²) in [6.07, 6.45) is 6.81. The Hall–Kier alpha value is 0.230. The summed E-state index contributed by atoms with van der Waals surface area (Å²) in [6, 6.07) is 8.33. The molecule has 1 heterocycles. The molecule has 1 aromatic rings. The number of benzene rings is 1. The second kappa shape index (κ2) is 9.76. The molecule has 1 atom stereocenters. The van der Waals surface area contributed by atoms with Gasteiger partial charge in [0.1, 0.15) is 0 Å². The molecule has 0 amide bonds. The van der Waals surface area contributed by atoms with Gasteiger partial charge in [0.25, 0.3) is 0 Å². The Labute approximate surface area is 232 Å². The van der Waals surface area contributed by atoms with Crippen LogP contribution in [0.15, 0.2) is 53.1 Å². The Balaban J connectivity index is 2.47. The van der Waals surface area contributed by atoms with Crippen molar-refractivity contribution in [1.29, 1.82) is 0 Å². The number of rotatable bonds is 7. The average Bonchev–Trinajstić information content (AvgIpc) is 2.91. The average molecular weight is 643 g/mol. The molecule has 0 saturated heterocycles. The molecule has 194 valence electrons. The van der Waals surface area contributed by atoms with Crippen LogP contribution in [0.3, 0.4) is 0 Å². The quantitative estimate of drug-likeness (QED) is 0.269. The molecular weight excluding hydrogens is 596 g/mol. The van der Waals surface area contributed by atoms with E-state index in [1.54, 1.807) is 0 Å². The van der Waals surface area contributed by atoms with E-state index in [0.717, 1.165) is 23.8 Å². The molecule has 1 nitrogen and oxygen atoms in total. The predicted octanol–water partition coefficient (Wildman–Crippen LogP) is 10.3. The van der Waals surface area contributed by atoms with Crippen molar-refractivity contribution >= 4 is 74.9 Å². The molecule has 0 radical (unpaired) electrons. The van der Waals surface area contributed by atoms with Crippen molar-refractivity contribution in [3.05, 3.63) is 63.7 Å². The van der Waals surface area contributed by atoms with Crippen molar-refractivity contribution in [2.45, 2.75) is 91.3 Å². The fourth-order valence-corrected chi connectivity index (χ4v) is 87.6. The zero-order valence-corrected chi connectivity index (χ0v) is 31.5. The first kappa shape index (κ1) is 29.8. The van der Waals surface area contributed by atoms with Crippen molar-refractivity contribution in [2.24, 2.45) is 0 Å². The second-order valence-corrected chi connectivity index (χ2v) is 50.8. The van der Waals surface area contributed by atoms with Gasteiger partial charge in [0.15, 0.2) is 0 Å². The second-order valence-electron chi connectivity index (χ2n) is 14.9. The fraction of sp³-hybridized carbons (Fsp3) is 0.556. The van der Waals surface area contributed by atoms with Gasteiger partial charge >= 0.3 is 234 Å². The topological polar surface area (TPSA) is 9.23 Å². The van der Waals surface area contributed by atoms with Crippen LogP contribution in [0.1, 0.15) is 5.56 Å². The van der Waals surface area contributed by atoms with Crippen LogP contribution in [-0.4, -0.2) is 45.9 Å². The molecule has 35 heavy (non-hydrogen) atoms. The van der Waals surface area contributed by atoms with E-state index in [4.69, 9.17) is 27.0 Å². The van der Waals surface area contributed by atoms with E-state index in [2.05, 4.69) is 109 Å². The first-order valence-corrected chi connectivity index (χ1v) is 32.5. The molecule has 1 aliphatic heterocycles. The fourth-order valence-electron chi connectivity index (χ4n) is 8.24. The van der Waals surface area contributed by atoms with Crippen molar-refractivity contribution in [3.8, 4) is 0 Å². The molecule has 0 spiro atoms. The molecule has 0 N–H and O–H groups in total. The molecule has 3 rings (SSSR count). The van der Waals surface area contributed by atoms with Crippen molar-refractivity contribution in [3.63, 3.8) is 0 Å². The maximum absolute atomic E-state index is 7.91. The van der Waals surface area contributed by atoms with Crippen LogP contribution in [0.4, 0.5) is 0 Å². The Kier molecular flexibility index (Phi) is 8.31. The van der Waals surface area contributed by atoms with Crippen molar-refractivity contribution < 1.29 is 3.76 Å². The van der Waals surface area contributed by atoms with Gasteiger partial charge in [0.2, 0.25) is 0 Å². The van der Waals surface area contributed by atoms with Gasteiger partial charge < -0.3 is 0 Å². The van der Waals surface area contributed by atoms with E-state index in [9.17, 15) is 0 Å². The van der Waals surface area contributed by atoms with E-state index in [-0.39, 0.29) is 0 Å². The molecule has 1 aromatic carbocycles. The van der Waals surface area contributed by atoms with Crippen molar-refractivity contribution in [2.75, 3.05) is 0 Å². The SMILES string of the molecule is C[Si](C)(C)[CH]([Si](C)(C)C)[Ge]1([CH]([Si](C)(C)C)[Si](C)(C)C)[O]C(c2ccc(Cl)cc2)=C2C=CC(Cl)=C[CH]21. The molecule has 0 aromatic heterocycles. The standard InChI is InChI=1S/C27H46Cl2GeOSi4/c1-32(2,3)26(33(4,5)6)30(27(34(7,8)9)35(10,11)12)24-19-22(29)17-18-23(24)25(31-30)20-13-15-21(28)16-14-20/h13-19,24,26-27H,1-12H3. The van der Waals surface area contributed by atoms with E-state index < -0.39 is 45.9 Å². The van der Waals surface area contributed by atoms with Crippen LogP contribution in [0, 0.1) is 0 Å². The number of hydrogen-bond acceptors (Lipinski definition) is 1. The van der Waals surface area contributed by atoms with Gasteiger partial charge in [0, 0.05) is 0 Å². The van der Waals surface area contributed by atoms with Gasteiger partial charge in [-0.05, 0) is 0 Å². The van der Waals surface area contributed by atoms with Gasteiger partial charge in [-0.15, -0.1) is 0 Å². The molecule has 1 unspecified atom stereocenters. The molecule has 0 saturated carbocycles. The summed E-state index contributed by atoms with van der Waals surface area (Å²) >= 11 is 9.91. The number of fused-ring (bicyclic) bond motifs is 1. The van der Waals surface area contributed by atoms with Gasteiger partial charge in [-0.1, -0.05) is 0 Å².